The fourth-order valence-corrected chi connectivity index (χ4v) is 4.17. The van der Waals surface area contributed by atoms with E-state index in [0.29, 0.717) is 42.1 Å². The standard InChI is InChI=1S/C20H22N6O3/c1-22-20(28)26-3-2-15(8-17(26)21)25-4-5-29-16-7-12(9-23-18(16)25)19(27)24-10-13-6-14(13)11-24/h2-3,7-9,13-14,21H,4-6,10-11H2,1H3,(H,22,28). The number of anilines is 2. The smallest absolute Gasteiger partial charge is 0.326 e. The fourth-order valence-electron chi connectivity index (χ4n) is 4.17. The van der Waals surface area contributed by atoms with Crippen LogP contribution < -0.4 is 20.4 Å². The van der Waals surface area contributed by atoms with Crippen molar-refractivity contribution >= 4 is 23.4 Å². The van der Waals surface area contributed by atoms with Crippen molar-refractivity contribution in [2.45, 2.75) is 6.42 Å². The summed E-state index contributed by atoms with van der Waals surface area (Å²) >= 11 is 0. The summed E-state index contributed by atoms with van der Waals surface area (Å²) in [6.45, 7) is 2.69. The Morgan fingerprint density at radius 3 is 2.79 bits per heavy atom. The zero-order valence-electron chi connectivity index (χ0n) is 16.1. The van der Waals surface area contributed by atoms with Gasteiger partial charge in [-0.05, 0) is 30.4 Å². The molecule has 0 bridgehead atoms. The number of carbonyl (C=O) groups excluding carboxylic acids is 2. The molecular weight excluding hydrogens is 372 g/mol. The Kier molecular flexibility index (Phi) is 4.04. The SMILES string of the molecule is CNC(=O)n1ccc(N2CCOc3cc(C(=O)N4CC5CC5C4)cnc32)cc1=N. The van der Waals surface area contributed by atoms with Crippen LogP contribution in [-0.4, -0.2) is 59.7 Å². The zero-order valence-corrected chi connectivity index (χ0v) is 16.1. The molecule has 1 saturated heterocycles. The van der Waals surface area contributed by atoms with E-state index in [-0.39, 0.29) is 17.4 Å². The Hall–Kier alpha value is -3.36. The van der Waals surface area contributed by atoms with E-state index >= 15 is 0 Å². The second-order valence-electron chi connectivity index (χ2n) is 7.71. The minimum Gasteiger partial charge on any atom is -0.488 e. The molecule has 9 nitrogen and oxygen atoms in total. The lowest BCUT2D eigenvalue weighted by atomic mass is 10.2. The number of nitrogens with one attached hydrogen (secondary N) is 2. The predicted molar refractivity (Wildman–Crippen MR) is 104 cm³/mol. The predicted octanol–water partition coefficient (Wildman–Crippen LogP) is 1.17. The molecule has 2 amide bonds. The van der Waals surface area contributed by atoms with Gasteiger partial charge >= 0.3 is 6.03 Å². The highest BCUT2D eigenvalue weighted by Gasteiger charge is 2.46. The monoisotopic (exact) mass is 394 g/mol. The van der Waals surface area contributed by atoms with E-state index in [1.165, 1.54) is 18.0 Å². The Balaban J connectivity index is 1.42. The number of hydrogen-bond acceptors (Lipinski definition) is 6. The molecular formula is C20H22N6O3. The lowest BCUT2D eigenvalue weighted by Crippen LogP contribution is -2.35. The lowest BCUT2D eigenvalue weighted by molar-refractivity contribution is 0.0774. The summed E-state index contributed by atoms with van der Waals surface area (Å²) < 4.78 is 7.00. The minimum absolute atomic E-state index is 0.00741. The third kappa shape index (κ3) is 3.02. The Labute approximate surface area is 167 Å². The van der Waals surface area contributed by atoms with Crippen LogP contribution in [0.25, 0.3) is 0 Å². The van der Waals surface area contributed by atoms with Gasteiger partial charge in [-0.2, -0.15) is 0 Å². The van der Waals surface area contributed by atoms with Gasteiger partial charge in [-0.15, -0.1) is 0 Å². The van der Waals surface area contributed by atoms with Crippen LogP contribution in [-0.2, 0) is 0 Å². The van der Waals surface area contributed by atoms with Crippen LogP contribution in [0, 0.1) is 17.2 Å². The largest absolute Gasteiger partial charge is 0.488 e. The number of amides is 2. The van der Waals surface area contributed by atoms with Crippen LogP contribution >= 0.6 is 0 Å². The summed E-state index contributed by atoms with van der Waals surface area (Å²) in [5, 5.41) is 10.6. The van der Waals surface area contributed by atoms with Gasteiger partial charge in [-0.25, -0.2) is 9.78 Å². The Bertz CT molecular complexity index is 1050. The molecule has 4 heterocycles. The Morgan fingerprint density at radius 1 is 1.28 bits per heavy atom. The number of aromatic nitrogens is 2. The molecule has 0 radical (unpaired) electrons. The first-order valence-corrected chi connectivity index (χ1v) is 9.74. The van der Waals surface area contributed by atoms with Gasteiger partial charge in [-0.1, -0.05) is 0 Å². The van der Waals surface area contributed by atoms with Crippen molar-refractivity contribution in [3.8, 4) is 5.75 Å². The van der Waals surface area contributed by atoms with Crippen molar-refractivity contribution in [3.05, 3.63) is 41.6 Å². The number of piperidine rings is 1. The van der Waals surface area contributed by atoms with Gasteiger partial charge in [0, 0.05) is 44.3 Å². The van der Waals surface area contributed by atoms with Crippen LogP contribution in [0.4, 0.5) is 16.3 Å². The average Bonchev–Trinajstić information content (AvgIpc) is 3.36. The first-order valence-electron chi connectivity index (χ1n) is 9.74. The maximum absolute atomic E-state index is 12.8. The van der Waals surface area contributed by atoms with Gasteiger partial charge in [0.05, 0.1) is 12.1 Å². The molecule has 2 N–H and O–H groups in total. The molecule has 2 aromatic rings. The van der Waals surface area contributed by atoms with Crippen LogP contribution in [0.5, 0.6) is 5.75 Å². The average molecular weight is 394 g/mol. The molecule has 29 heavy (non-hydrogen) atoms. The summed E-state index contributed by atoms with van der Waals surface area (Å²) in [4.78, 5) is 32.9. The van der Waals surface area contributed by atoms with Crippen molar-refractivity contribution in [2.75, 3.05) is 38.2 Å². The first-order chi connectivity index (χ1) is 14.0. The molecule has 2 aromatic heterocycles. The maximum Gasteiger partial charge on any atom is 0.326 e. The van der Waals surface area contributed by atoms with Gasteiger partial charge in [0.25, 0.3) is 5.91 Å². The molecule has 2 fully saturated rings. The number of likely N-dealkylation sites (tertiary alicyclic amines) is 1. The summed E-state index contributed by atoms with van der Waals surface area (Å²) in [7, 11) is 1.52. The highest BCUT2D eigenvalue weighted by atomic mass is 16.5. The van der Waals surface area contributed by atoms with Crippen molar-refractivity contribution in [3.63, 3.8) is 0 Å². The number of hydrogen-bond donors (Lipinski definition) is 2. The summed E-state index contributed by atoms with van der Waals surface area (Å²) in [6.07, 6.45) is 4.41. The first kappa shape index (κ1) is 17.7. The fraction of sp³-hybridized carbons (Fsp3) is 0.400. The molecule has 9 heteroatoms. The van der Waals surface area contributed by atoms with E-state index in [0.717, 1.165) is 18.8 Å². The Morgan fingerprint density at radius 2 is 2.07 bits per heavy atom. The number of fused-ring (bicyclic) bond motifs is 2. The third-order valence-electron chi connectivity index (χ3n) is 5.86. The molecule has 0 spiro atoms. The topological polar surface area (TPSA) is 104 Å². The summed E-state index contributed by atoms with van der Waals surface area (Å²) in [5.74, 6) is 2.54. The highest BCUT2D eigenvalue weighted by Crippen LogP contribution is 2.45. The van der Waals surface area contributed by atoms with Gasteiger partial charge in [-0.3, -0.25) is 14.8 Å². The summed E-state index contributed by atoms with van der Waals surface area (Å²) in [6, 6.07) is 4.77. The maximum atomic E-state index is 12.8. The lowest BCUT2D eigenvalue weighted by Gasteiger charge is -2.30. The van der Waals surface area contributed by atoms with Crippen LogP contribution in [0.15, 0.2) is 30.6 Å². The van der Waals surface area contributed by atoms with Gasteiger partial charge in [0.15, 0.2) is 11.6 Å². The number of carbonyl (C=O) groups is 2. The third-order valence-corrected chi connectivity index (χ3v) is 5.86. The number of pyridine rings is 2. The second kappa shape index (κ2) is 6.61. The number of nitrogens with zero attached hydrogens (tertiary/aromatic N) is 4. The zero-order chi connectivity index (χ0) is 20.1. The molecule has 2 atom stereocenters. The van der Waals surface area contributed by atoms with Gasteiger partial charge in [0.1, 0.15) is 12.1 Å². The quantitative estimate of drug-likeness (QED) is 0.796. The minimum atomic E-state index is -0.371. The molecule has 2 aliphatic heterocycles. The summed E-state index contributed by atoms with van der Waals surface area (Å²) in [5.41, 5.74) is 1.35. The van der Waals surface area contributed by atoms with Gasteiger partial charge in [0.2, 0.25) is 0 Å². The molecule has 1 aliphatic carbocycles. The molecule has 2 unspecified atom stereocenters. The molecule has 0 aromatic carbocycles. The number of ether oxygens (including phenoxy) is 1. The van der Waals surface area contributed by atoms with Crippen molar-refractivity contribution in [2.24, 2.45) is 11.8 Å². The van der Waals surface area contributed by atoms with E-state index < -0.39 is 0 Å². The molecule has 3 aliphatic rings. The van der Waals surface area contributed by atoms with Crippen LogP contribution in [0.3, 0.4) is 0 Å². The van der Waals surface area contributed by atoms with E-state index in [9.17, 15) is 9.59 Å². The molecule has 1 saturated carbocycles. The molecule has 150 valence electrons. The normalized spacial score (nSPS) is 21.8. The van der Waals surface area contributed by atoms with E-state index in [1.54, 1.807) is 30.6 Å². The van der Waals surface area contributed by atoms with Crippen molar-refractivity contribution in [1.29, 1.82) is 5.41 Å². The number of rotatable bonds is 2. The second-order valence-corrected chi connectivity index (χ2v) is 7.71. The van der Waals surface area contributed by atoms with E-state index in [1.807, 2.05) is 9.80 Å². The van der Waals surface area contributed by atoms with Crippen molar-refractivity contribution in [1.82, 2.24) is 19.8 Å². The van der Waals surface area contributed by atoms with Crippen LogP contribution in [0.1, 0.15) is 16.8 Å². The van der Waals surface area contributed by atoms with Crippen molar-refractivity contribution < 1.29 is 14.3 Å². The van der Waals surface area contributed by atoms with Gasteiger partial charge < -0.3 is 19.9 Å². The van der Waals surface area contributed by atoms with Crippen LogP contribution in [0.2, 0.25) is 0 Å². The highest BCUT2D eigenvalue weighted by molar-refractivity contribution is 5.95. The van der Waals surface area contributed by atoms with E-state index in [2.05, 4.69) is 10.3 Å². The molecule has 5 rings (SSSR count). The van der Waals surface area contributed by atoms with E-state index in [4.69, 9.17) is 10.1 Å².